The van der Waals surface area contributed by atoms with Gasteiger partial charge < -0.3 is 9.64 Å². The predicted octanol–water partition coefficient (Wildman–Crippen LogP) is 1.23. The molecule has 0 aromatic carbocycles. The van der Waals surface area contributed by atoms with Crippen LogP contribution in [0, 0.1) is 0 Å². The maximum absolute atomic E-state index is 12.7. The third-order valence-electron chi connectivity index (χ3n) is 4.86. The van der Waals surface area contributed by atoms with Gasteiger partial charge in [0.05, 0.1) is 24.2 Å². The molecule has 0 saturated carbocycles. The molecule has 0 aliphatic carbocycles. The van der Waals surface area contributed by atoms with Crippen LogP contribution in [0.5, 0.6) is 5.88 Å². The number of hydrogen-bond acceptors (Lipinski definition) is 5. The first kappa shape index (κ1) is 16.3. The number of carbonyl (C=O) groups excluding carboxylic acids is 1. The zero-order chi connectivity index (χ0) is 18.3. The van der Waals surface area contributed by atoms with Crippen LogP contribution < -0.4 is 10.4 Å². The quantitative estimate of drug-likeness (QED) is 0.707. The Morgan fingerprint density at radius 3 is 2.85 bits per heavy atom. The third-order valence-corrected chi connectivity index (χ3v) is 4.86. The van der Waals surface area contributed by atoms with Crippen molar-refractivity contribution in [2.45, 2.75) is 12.5 Å². The van der Waals surface area contributed by atoms with Gasteiger partial charge in [-0.05, 0) is 24.6 Å². The summed E-state index contributed by atoms with van der Waals surface area (Å²) < 4.78 is 8.32. The van der Waals surface area contributed by atoms with Gasteiger partial charge in [-0.3, -0.25) is 13.9 Å². The van der Waals surface area contributed by atoms with Gasteiger partial charge in [-0.2, -0.15) is 0 Å². The second-order valence-electron chi connectivity index (χ2n) is 6.34. The van der Waals surface area contributed by atoms with Crippen LogP contribution in [0.3, 0.4) is 0 Å². The van der Waals surface area contributed by atoms with Crippen molar-refractivity contribution in [2.75, 3.05) is 20.2 Å². The number of ether oxygens (including phenoxy) is 1. The van der Waals surface area contributed by atoms with Crippen LogP contribution in [0.2, 0.25) is 0 Å². The van der Waals surface area contributed by atoms with E-state index in [4.69, 9.17) is 4.74 Å². The summed E-state index contributed by atoms with van der Waals surface area (Å²) in [5, 5.41) is 0. The van der Waals surface area contributed by atoms with E-state index >= 15 is 0 Å². The number of rotatable bonds is 3. The number of amides is 1. The number of imidazole rings is 1. The Balaban J connectivity index is 1.60. The minimum Gasteiger partial charge on any atom is -0.481 e. The zero-order valence-corrected chi connectivity index (χ0v) is 14.6. The first-order valence-corrected chi connectivity index (χ1v) is 8.41. The van der Waals surface area contributed by atoms with Crippen LogP contribution in [0.4, 0.5) is 0 Å². The first-order chi connectivity index (χ1) is 12.6. The number of pyridine rings is 2. The second kappa shape index (κ2) is 6.29. The Bertz CT molecular complexity index is 1020. The topological polar surface area (TPSA) is 82.2 Å². The average molecular weight is 353 g/mol. The number of fused-ring (bicyclic) bond motifs is 1. The van der Waals surface area contributed by atoms with E-state index in [1.807, 2.05) is 12.1 Å². The van der Waals surface area contributed by atoms with Gasteiger partial charge in [0.15, 0.2) is 5.65 Å². The molecular weight excluding hydrogens is 334 g/mol. The average Bonchev–Trinajstić information content (AvgIpc) is 3.25. The normalized spacial score (nSPS) is 17.0. The summed E-state index contributed by atoms with van der Waals surface area (Å²) in [5.74, 6) is 0.373. The largest absolute Gasteiger partial charge is 0.481 e. The standard InChI is InChI=1S/C18H19N5O3/c1-21-14-4-3-8-19-16(14)23(18(21)25)13-7-9-22(11-13)17(24)12-5-6-15(26-2)20-10-12/h3-6,8,10,13H,7,9,11H2,1-2H3/t13-/m0/s1. The molecule has 8 heteroatoms. The predicted molar refractivity (Wildman–Crippen MR) is 95.3 cm³/mol. The van der Waals surface area contributed by atoms with E-state index < -0.39 is 0 Å². The maximum Gasteiger partial charge on any atom is 0.330 e. The van der Waals surface area contributed by atoms with Crippen LogP contribution in [-0.4, -0.2) is 50.1 Å². The van der Waals surface area contributed by atoms with Gasteiger partial charge in [0, 0.05) is 38.6 Å². The molecule has 3 aromatic rings. The number of methoxy groups -OCH3 is 1. The van der Waals surface area contributed by atoms with Crippen LogP contribution in [0.15, 0.2) is 41.5 Å². The third kappa shape index (κ3) is 2.54. The number of carbonyl (C=O) groups is 1. The summed E-state index contributed by atoms with van der Waals surface area (Å²) in [6.45, 7) is 1.06. The molecule has 26 heavy (non-hydrogen) atoms. The van der Waals surface area contributed by atoms with Gasteiger partial charge in [0.1, 0.15) is 0 Å². The van der Waals surface area contributed by atoms with Crippen molar-refractivity contribution < 1.29 is 9.53 Å². The number of aryl methyl sites for hydroxylation is 1. The second-order valence-corrected chi connectivity index (χ2v) is 6.34. The fourth-order valence-electron chi connectivity index (χ4n) is 3.47. The Kier molecular flexibility index (Phi) is 3.95. The van der Waals surface area contributed by atoms with E-state index in [-0.39, 0.29) is 17.6 Å². The molecule has 0 unspecified atom stereocenters. The van der Waals surface area contributed by atoms with Gasteiger partial charge in [0.2, 0.25) is 5.88 Å². The van der Waals surface area contributed by atoms with E-state index in [1.54, 1.807) is 39.4 Å². The first-order valence-electron chi connectivity index (χ1n) is 8.41. The lowest BCUT2D eigenvalue weighted by atomic mass is 10.2. The Labute approximate surface area is 149 Å². The Hall–Kier alpha value is -3.16. The molecule has 0 N–H and O–H groups in total. The van der Waals surface area contributed by atoms with E-state index in [0.717, 1.165) is 5.52 Å². The molecule has 1 aliphatic heterocycles. The van der Waals surface area contributed by atoms with Crippen LogP contribution in [-0.2, 0) is 7.05 Å². The highest BCUT2D eigenvalue weighted by atomic mass is 16.5. The van der Waals surface area contributed by atoms with Crippen molar-refractivity contribution in [2.24, 2.45) is 7.05 Å². The van der Waals surface area contributed by atoms with Crippen LogP contribution in [0.25, 0.3) is 11.2 Å². The summed E-state index contributed by atoms with van der Waals surface area (Å²) in [6.07, 6.45) is 3.91. The summed E-state index contributed by atoms with van der Waals surface area (Å²) in [6, 6.07) is 6.97. The molecule has 1 atom stereocenters. The van der Waals surface area contributed by atoms with Crippen molar-refractivity contribution in [1.29, 1.82) is 0 Å². The number of aromatic nitrogens is 4. The molecule has 1 aliphatic rings. The Morgan fingerprint density at radius 1 is 1.27 bits per heavy atom. The number of nitrogens with zero attached hydrogens (tertiary/aromatic N) is 5. The lowest BCUT2D eigenvalue weighted by molar-refractivity contribution is 0.0787. The van der Waals surface area contributed by atoms with Gasteiger partial charge in [0.25, 0.3) is 5.91 Å². The summed E-state index contributed by atoms with van der Waals surface area (Å²) in [4.78, 5) is 35.6. The molecule has 1 amide bonds. The van der Waals surface area contributed by atoms with E-state index in [1.165, 1.54) is 13.3 Å². The molecule has 1 saturated heterocycles. The zero-order valence-electron chi connectivity index (χ0n) is 14.6. The van der Waals surface area contributed by atoms with Crippen molar-refractivity contribution >= 4 is 17.1 Å². The molecule has 0 bridgehead atoms. The van der Waals surface area contributed by atoms with E-state index in [2.05, 4.69) is 9.97 Å². The summed E-state index contributed by atoms with van der Waals surface area (Å²) >= 11 is 0. The fourth-order valence-corrected chi connectivity index (χ4v) is 3.47. The highest BCUT2D eigenvalue weighted by Crippen LogP contribution is 2.25. The van der Waals surface area contributed by atoms with E-state index in [0.29, 0.717) is 36.6 Å². The molecule has 4 rings (SSSR count). The van der Waals surface area contributed by atoms with Gasteiger partial charge in [-0.15, -0.1) is 0 Å². The van der Waals surface area contributed by atoms with Gasteiger partial charge in [-0.25, -0.2) is 14.8 Å². The highest BCUT2D eigenvalue weighted by Gasteiger charge is 2.31. The van der Waals surface area contributed by atoms with E-state index in [9.17, 15) is 9.59 Å². The highest BCUT2D eigenvalue weighted by molar-refractivity contribution is 5.94. The molecule has 4 heterocycles. The lowest BCUT2D eigenvalue weighted by Crippen LogP contribution is -2.31. The van der Waals surface area contributed by atoms with Gasteiger partial charge in [-0.1, -0.05) is 0 Å². The van der Waals surface area contributed by atoms with Crippen LogP contribution >= 0.6 is 0 Å². The van der Waals surface area contributed by atoms with Crippen molar-refractivity contribution in [3.63, 3.8) is 0 Å². The number of hydrogen-bond donors (Lipinski definition) is 0. The molecule has 0 radical (unpaired) electrons. The minimum atomic E-state index is -0.107. The minimum absolute atomic E-state index is 0.0868. The molecule has 134 valence electrons. The molecular formula is C18H19N5O3. The maximum atomic E-state index is 12.7. The molecule has 8 nitrogen and oxygen atoms in total. The molecule has 1 fully saturated rings. The molecule has 0 spiro atoms. The SMILES string of the molecule is COc1ccc(C(=O)N2CC[C@H](n3c(=O)n(C)c4cccnc43)C2)cn1. The van der Waals surface area contributed by atoms with Crippen molar-refractivity contribution in [1.82, 2.24) is 24.0 Å². The van der Waals surface area contributed by atoms with Crippen LogP contribution in [0.1, 0.15) is 22.8 Å². The fraction of sp³-hybridized carbons (Fsp3) is 0.333. The lowest BCUT2D eigenvalue weighted by Gasteiger charge is -2.17. The van der Waals surface area contributed by atoms with Crippen molar-refractivity contribution in [3.8, 4) is 5.88 Å². The van der Waals surface area contributed by atoms with Crippen molar-refractivity contribution in [3.05, 3.63) is 52.7 Å². The van der Waals surface area contributed by atoms with Gasteiger partial charge >= 0.3 is 5.69 Å². The summed E-state index contributed by atoms with van der Waals surface area (Å²) in [7, 11) is 3.27. The number of likely N-dealkylation sites (tertiary alicyclic amines) is 1. The monoisotopic (exact) mass is 353 g/mol. The molecule has 3 aromatic heterocycles. The Morgan fingerprint density at radius 2 is 2.12 bits per heavy atom. The smallest absolute Gasteiger partial charge is 0.330 e. The summed E-state index contributed by atoms with van der Waals surface area (Å²) in [5.41, 5.74) is 1.85.